The predicted octanol–water partition coefficient (Wildman–Crippen LogP) is 0.503. The van der Waals surface area contributed by atoms with E-state index in [0.717, 1.165) is 18.5 Å². The van der Waals surface area contributed by atoms with Crippen LogP contribution in [0.4, 0.5) is 5.69 Å². The fourth-order valence-corrected chi connectivity index (χ4v) is 1.50. The number of hydrogen-bond donors (Lipinski definition) is 3. The maximum Gasteiger partial charge on any atom is 0.108 e. The van der Waals surface area contributed by atoms with Gasteiger partial charge in [-0.15, -0.1) is 4.91 Å². The lowest BCUT2D eigenvalue weighted by Gasteiger charge is -2.16. The van der Waals surface area contributed by atoms with Crippen molar-refractivity contribution < 1.29 is 0 Å². The molecule has 0 amide bonds. The van der Waals surface area contributed by atoms with E-state index in [1.165, 1.54) is 0 Å². The molecule has 0 aliphatic carbocycles. The van der Waals surface area contributed by atoms with E-state index in [-0.39, 0.29) is 6.04 Å². The van der Waals surface area contributed by atoms with E-state index in [4.69, 9.17) is 11.5 Å². The zero-order valence-corrected chi connectivity index (χ0v) is 9.23. The molecule has 1 aromatic rings. The highest BCUT2D eigenvalue weighted by Crippen LogP contribution is 2.13. The van der Waals surface area contributed by atoms with Gasteiger partial charge in [0.15, 0.2) is 0 Å². The summed E-state index contributed by atoms with van der Waals surface area (Å²) in [6.45, 7) is 1.92. The molecule has 88 valence electrons. The highest BCUT2D eigenvalue weighted by atomic mass is 16.3. The first-order valence-electron chi connectivity index (χ1n) is 5.36. The zero-order chi connectivity index (χ0) is 11.8. The van der Waals surface area contributed by atoms with Crippen molar-refractivity contribution in [3.8, 4) is 0 Å². The number of hydrogen-bond acceptors (Lipinski definition) is 5. The molecule has 0 bridgehead atoms. The summed E-state index contributed by atoms with van der Waals surface area (Å²) in [6.07, 6.45) is 0.829. The monoisotopic (exact) mass is 222 g/mol. The van der Waals surface area contributed by atoms with E-state index in [1.54, 1.807) is 12.1 Å². The van der Waals surface area contributed by atoms with Crippen molar-refractivity contribution in [1.29, 1.82) is 0 Å². The van der Waals surface area contributed by atoms with Crippen LogP contribution in [0.5, 0.6) is 0 Å². The molecule has 16 heavy (non-hydrogen) atoms. The maximum atomic E-state index is 10.2. The van der Waals surface area contributed by atoms with Crippen molar-refractivity contribution >= 4 is 5.69 Å². The highest BCUT2D eigenvalue weighted by Gasteiger charge is 2.06. The first-order chi connectivity index (χ1) is 7.80. The van der Waals surface area contributed by atoms with Crippen molar-refractivity contribution in [2.24, 2.45) is 16.6 Å². The fourth-order valence-electron chi connectivity index (χ4n) is 1.50. The molecule has 0 aromatic heterocycles. The van der Waals surface area contributed by atoms with E-state index in [0.29, 0.717) is 18.8 Å². The van der Waals surface area contributed by atoms with Gasteiger partial charge in [0.05, 0.1) is 0 Å². The van der Waals surface area contributed by atoms with Crippen molar-refractivity contribution in [2.45, 2.75) is 12.5 Å². The average Bonchev–Trinajstić information content (AvgIpc) is 2.35. The van der Waals surface area contributed by atoms with Crippen LogP contribution in [0.2, 0.25) is 0 Å². The number of benzene rings is 1. The Morgan fingerprint density at radius 2 is 1.94 bits per heavy atom. The molecule has 0 saturated heterocycles. The van der Waals surface area contributed by atoms with E-state index < -0.39 is 0 Å². The van der Waals surface area contributed by atoms with Crippen LogP contribution in [0, 0.1) is 4.91 Å². The topological polar surface area (TPSA) is 93.5 Å². The summed E-state index contributed by atoms with van der Waals surface area (Å²) < 4.78 is 0. The second kappa shape index (κ2) is 7.05. The summed E-state index contributed by atoms with van der Waals surface area (Å²) in [4.78, 5) is 10.2. The number of nitrogens with zero attached hydrogens (tertiary/aromatic N) is 1. The van der Waals surface area contributed by atoms with E-state index >= 15 is 0 Å². The third-order valence-corrected chi connectivity index (χ3v) is 2.39. The van der Waals surface area contributed by atoms with Gasteiger partial charge < -0.3 is 16.8 Å². The second-order valence-electron chi connectivity index (χ2n) is 3.64. The Morgan fingerprint density at radius 3 is 2.44 bits per heavy atom. The molecular formula is C11H18N4O. The van der Waals surface area contributed by atoms with Crippen molar-refractivity contribution in [2.75, 3.05) is 19.6 Å². The van der Waals surface area contributed by atoms with Gasteiger partial charge in [-0.3, -0.25) is 0 Å². The molecule has 0 fully saturated rings. The lowest BCUT2D eigenvalue weighted by Crippen LogP contribution is -2.40. The third kappa shape index (κ3) is 4.06. The first-order valence-corrected chi connectivity index (χ1v) is 5.36. The van der Waals surface area contributed by atoms with Crippen LogP contribution in [0.15, 0.2) is 29.4 Å². The van der Waals surface area contributed by atoms with Gasteiger partial charge in [0.2, 0.25) is 0 Å². The van der Waals surface area contributed by atoms with Gasteiger partial charge in [-0.1, -0.05) is 12.1 Å². The van der Waals surface area contributed by atoms with Crippen LogP contribution in [0.1, 0.15) is 5.56 Å². The fraction of sp³-hybridized carbons (Fsp3) is 0.455. The van der Waals surface area contributed by atoms with Crippen LogP contribution in [0.3, 0.4) is 0 Å². The normalized spacial score (nSPS) is 12.4. The molecule has 5 nitrogen and oxygen atoms in total. The average molecular weight is 222 g/mol. The lowest BCUT2D eigenvalue weighted by atomic mass is 10.1. The molecule has 0 heterocycles. The molecular weight excluding hydrogens is 204 g/mol. The van der Waals surface area contributed by atoms with Gasteiger partial charge in [-0.2, -0.15) is 0 Å². The molecule has 0 aliphatic rings. The van der Waals surface area contributed by atoms with Gasteiger partial charge in [-0.25, -0.2) is 0 Å². The largest absolute Gasteiger partial charge is 0.329 e. The van der Waals surface area contributed by atoms with Crippen LogP contribution in [-0.2, 0) is 6.42 Å². The van der Waals surface area contributed by atoms with Gasteiger partial charge in [-0.05, 0) is 29.3 Å². The van der Waals surface area contributed by atoms with Gasteiger partial charge >= 0.3 is 0 Å². The highest BCUT2D eigenvalue weighted by molar-refractivity contribution is 5.38. The molecule has 0 spiro atoms. The maximum absolute atomic E-state index is 10.2. The first kappa shape index (κ1) is 12.8. The van der Waals surface area contributed by atoms with E-state index in [1.807, 2.05) is 12.1 Å². The minimum Gasteiger partial charge on any atom is -0.329 e. The Bertz CT molecular complexity index is 312. The Hall–Kier alpha value is -1.30. The second-order valence-corrected chi connectivity index (χ2v) is 3.64. The smallest absolute Gasteiger partial charge is 0.108 e. The van der Waals surface area contributed by atoms with Crippen molar-refractivity contribution in [3.63, 3.8) is 0 Å². The molecule has 1 aromatic carbocycles. The minimum atomic E-state index is 0.221. The van der Waals surface area contributed by atoms with Gasteiger partial charge in [0.25, 0.3) is 0 Å². The summed E-state index contributed by atoms with van der Waals surface area (Å²) in [6, 6.07) is 7.42. The third-order valence-electron chi connectivity index (χ3n) is 2.39. The quantitative estimate of drug-likeness (QED) is 0.586. The van der Waals surface area contributed by atoms with Gasteiger partial charge in [0, 0.05) is 25.7 Å². The van der Waals surface area contributed by atoms with E-state index in [2.05, 4.69) is 10.5 Å². The summed E-state index contributed by atoms with van der Waals surface area (Å²) in [5.74, 6) is 0. The standard InChI is InChI=1S/C11H18N4O/c12-5-6-14-11(8-13)7-9-1-3-10(15-16)4-2-9/h1-4,11,14H,5-8,12-13H2. The number of nitrogens with one attached hydrogen (secondary N) is 1. The number of nitrogens with two attached hydrogens (primary N) is 2. The molecule has 1 atom stereocenters. The Kier molecular flexibility index (Phi) is 5.63. The lowest BCUT2D eigenvalue weighted by molar-refractivity contribution is 0.523. The van der Waals surface area contributed by atoms with Crippen molar-refractivity contribution in [3.05, 3.63) is 34.7 Å². The minimum absolute atomic E-state index is 0.221. The Balaban J connectivity index is 2.52. The molecule has 5 heteroatoms. The number of rotatable bonds is 7. The predicted molar refractivity (Wildman–Crippen MR) is 65.5 cm³/mol. The summed E-state index contributed by atoms with van der Waals surface area (Å²) in [5.41, 5.74) is 12.6. The van der Waals surface area contributed by atoms with Crippen molar-refractivity contribution in [1.82, 2.24) is 5.32 Å². The van der Waals surface area contributed by atoms with Crippen LogP contribution >= 0.6 is 0 Å². The zero-order valence-electron chi connectivity index (χ0n) is 9.23. The Labute approximate surface area is 95.2 Å². The molecule has 0 radical (unpaired) electrons. The molecule has 5 N–H and O–H groups in total. The number of nitroso groups, excluding NO2 is 1. The molecule has 0 saturated carbocycles. The van der Waals surface area contributed by atoms with E-state index in [9.17, 15) is 4.91 Å². The van der Waals surface area contributed by atoms with Crippen LogP contribution in [0.25, 0.3) is 0 Å². The molecule has 1 rings (SSSR count). The summed E-state index contributed by atoms with van der Waals surface area (Å²) >= 11 is 0. The van der Waals surface area contributed by atoms with Crippen LogP contribution in [-0.4, -0.2) is 25.7 Å². The van der Waals surface area contributed by atoms with Crippen LogP contribution < -0.4 is 16.8 Å². The molecule has 0 aliphatic heterocycles. The summed E-state index contributed by atoms with van der Waals surface area (Å²) in [5, 5.41) is 6.11. The SMILES string of the molecule is NCCNC(CN)Cc1ccc(N=O)cc1. The van der Waals surface area contributed by atoms with Gasteiger partial charge in [0.1, 0.15) is 5.69 Å². The molecule has 1 unspecified atom stereocenters. The summed E-state index contributed by atoms with van der Waals surface area (Å²) in [7, 11) is 0. The Morgan fingerprint density at radius 1 is 1.25 bits per heavy atom.